The number of carbonyl (C=O) groups excluding carboxylic acids is 1. The molecule has 0 aliphatic carbocycles. The number of carbonyl (C=O) groups is 1. The van der Waals surface area contributed by atoms with Gasteiger partial charge in [0.2, 0.25) is 15.9 Å². The van der Waals surface area contributed by atoms with Crippen molar-refractivity contribution in [2.24, 2.45) is 0 Å². The SMILES string of the molecule is CCNc1ccc(S(=O)(=O)N(C)C)cc1NCC(=O)NCc1cccc(C)c1. The van der Waals surface area contributed by atoms with Crippen LogP contribution in [0.1, 0.15) is 18.1 Å². The smallest absolute Gasteiger partial charge is 0.242 e. The number of aryl methyl sites for hydroxylation is 1. The number of rotatable bonds is 9. The zero-order chi connectivity index (χ0) is 20.7. The van der Waals surface area contributed by atoms with E-state index in [0.717, 1.165) is 21.1 Å². The third kappa shape index (κ3) is 5.71. The summed E-state index contributed by atoms with van der Waals surface area (Å²) in [4.78, 5) is 12.4. The number of nitrogens with zero attached hydrogens (tertiary/aromatic N) is 1. The average Bonchev–Trinajstić information content (AvgIpc) is 2.65. The van der Waals surface area contributed by atoms with Crippen molar-refractivity contribution in [2.45, 2.75) is 25.3 Å². The predicted octanol–water partition coefficient (Wildman–Crippen LogP) is 2.41. The minimum absolute atomic E-state index is 0.0374. The molecule has 0 aromatic heterocycles. The zero-order valence-electron chi connectivity index (χ0n) is 16.7. The van der Waals surface area contributed by atoms with Crippen LogP contribution in [0.5, 0.6) is 0 Å². The number of hydrogen-bond acceptors (Lipinski definition) is 5. The summed E-state index contributed by atoms with van der Waals surface area (Å²) in [7, 11) is -0.584. The number of anilines is 2. The number of sulfonamides is 1. The second-order valence-electron chi connectivity index (χ2n) is 6.64. The van der Waals surface area contributed by atoms with Gasteiger partial charge in [0, 0.05) is 27.2 Å². The van der Waals surface area contributed by atoms with E-state index in [4.69, 9.17) is 0 Å². The molecule has 0 aliphatic heterocycles. The molecule has 0 aliphatic rings. The quantitative estimate of drug-likeness (QED) is 0.597. The highest BCUT2D eigenvalue weighted by molar-refractivity contribution is 7.89. The largest absolute Gasteiger partial charge is 0.384 e. The van der Waals surface area contributed by atoms with E-state index in [1.54, 1.807) is 18.2 Å². The lowest BCUT2D eigenvalue weighted by Crippen LogP contribution is -2.29. The maximum Gasteiger partial charge on any atom is 0.242 e. The molecule has 0 saturated carbocycles. The van der Waals surface area contributed by atoms with Gasteiger partial charge in [-0.2, -0.15) is 0 Å². The van der Waals surface area contributed by atoms with Crippen molar-refractivity contribution in [1.29, 1.82) is 0 Å². The summed E-state index contributed by atoms with van der Waals surface area (Å²) in [5.74, 6) is -0.176. The van der Waals surface area contributed by atoms with Gasteiger partial charge in [-0.25, -0.2) is 12.7 Å². The summed E-state index contributed by atoms with van der Waals surface area (Å²) in [6.45, 7) is 5.10. The van der Waals surface area contributed by atoms with E-state index in [1.807, 2.05) is 38.1 Å². The molecule has 2 aromatic rings. The normalized spacial score (nSPS) is 11.3. The molecule has 2 aromatic carbocycles. The van der Waals surface area contributed by atoms with Gasteiger partial charge in [-0.1, -0.05) is 29.8 Å². The van der Waals surface area contributed by atoms with Crippen molar-refractivity contribution in [2.75, 3.05) is 37.8 Å². The Morgan fingerprint density at radius 1 is 1.04 bits per heavy atom. The van der Waals surface area contributed by atoms with E-state index >= 15 is 0 Å². The van der Waals surface area contributed by atoms with E-state index < -0.39 is 10.0 Å². The minimum atomic E-state index is -3.56. The summed E-state index contributed by atoms with van der Waals surface area (Å²) in [5, 5.41) is 9.07. The Morgan fingerprint density at radius 3 is 2.43 bits per heavy atom. The van der Waals surface area contributed by atoms with Crippen LogP contribution in [0.3, 0.4) is 0 Å². The van der Waals surface area contributed by atoms with Crippen LogP contribution in [0.4, 0.5) is 11.4 Å². The van der Waals surface area contributed by atoms with E-state index in [1.165, 1.54) is 14.1 Å². The standard InChI is InChI=1S/C20H28N4O3S/c1-5-21-18-10-9-17(28(26,27)24(3)4)12-19(18)22-14-20(25)23-13-16-8-6-7-15(2)11-16/h6-12,21-22H,5,13-14H2,1-4H3,(H,23,25). The monoisotopic (exact) mass is 404 g/mol. The highest BCUT2D eigenvalue weighted by atomic mass is 32.2. The molecule has 0 saturated heterocycles. The average molecular weight is 405 g/mol. The minimum Gasteiger partial charge on any atom is -0.384 e. The molecule has 8 heteroatoms. The number of hydrogen-bond donors (Lipinski definition) is 3. The Hall–Kier alpha value is -2.58. The Bertz CT molecular complexity index is 927. The highest BCUT2D eigenvalue weighted by Crippen LogP contribution is 2.26. The summed E-state index contributed by atoms with van der Waals surface area (Å²) in [5.41, 5.74) is 3.47. The van der Waals surface area contributed by atoms with Gasteiger partial charge in [0.25, 0.3) is 0 Å². The molecule has 0 spiro atoms. The summed E-state index contributed by atoms with van der Waals surface area (Å²) in [6.07, 6.45) is 0. The Labute approximate surface area is 167 Å². The Kier molecular flexibility index (Phi) is 7.42. The van der Waals surface area contributed by atoms with Crippen molar-refractivity contribution in [3.63, 3.8) is 0 Å². The van der Waals surface area contributed by atoms with Crippen molar-refractivity contribution in [3.05, 3.63) is 53.6 Å². The topological polar surface area (TPSA) is 90.5 Å². The Balaban J connectivity index is 2.07. The number of amides is 1. The third-order valence-corrected chi connectivity index (χ3v) is 5.96. The number of nitrogens with one attached hydrogen (secondary N) is 3. The predicted molar refractivity (Wildman–Crippen MR) is 113 cm³/mol. The molecule has 3 N–H and O–H groups in total. The van der Waals surface area contributed by atoms with Crippen LogP contribution >= 0.6 is 0 Å². The first kappa shape index (κ1) is 21.7. The van der Waals surface area contributed by atoms with Crippen molar-refractivity contribution in [3.8, 4) is 0 Å². The lowest BCUT2D eigenvalue weighted by Gasteiger charge is -2.17. The molecule has 7 nitrogen and oxygen atoms in total. The lowest BCUT2D eigenvalue weighted by molar-refractivity contribution is -0.119. The molecular weight excluding hydrogens is 376 g/mol. The van der Waals surface area contributed by atoms with Crippen LogP contribution < -0.4 is 16.0 Å². The van der Waals surface area contributed by atoms with Crippen LogP contribution in [0.2, 0.25) is 0 Å². The van der Waals surface area contributed by atoms with E-state index in [0.29, 0.717) is 18.8 Å². The lowest BCUT2D eigenvalue weighted by atomic mass is 10.1. The molecule has 2 rings (SSSR count). The van der Waals surface area contributed by atoms with Crippen LogP contribution in [-0.4, -0.2) is 45.8 Å². The fourth-order valence-electron chi connectivity index (χ4n) is 2.65. The van der Waals surface area contributed by atoms with Gasteiger partial charge in [0.05, 0.1) is 22.8 Å². The molecule has 152 valence electrons. The Morgan fingerprint density at radius 2 is 1.79 bits per heavy atom. The summed E-state index contributed by atoms with van der Waals surface area (Å²) < 4.78 is 25.9. The van der Waals surface area contributed by atoms with Gasteiger partial charge in [-0.15, -0.1) is 0 Å². The molecule has 0 heterocycles. The van der Waals surface area contributed by atoms with Gasteiger partial charge in [-0.3, -0.25) is 4.79 Å². The van der Waals surface area contributed by atoms with Gasteiger partial charge in [0.1, 0.15) is 0 Å². The maximum absolute atomic E-state index is 12.4. The van der Waals surface area contributed by atoms with Crippen LogP contribution in [0, 0.1) is 6.92 Å². The summed E-state index contributed by atoms with van der Waals surface area (Å²) >= 11 is 0. The maximum atomic E-state index is 12.4. The van der Waals surface area contributed by atoms with Gasteiger partial charge in [0.15, 0.2) is 0 Å². The highest BCUT2D eigenvalue weighted by Gasteiger charge is 2.19. The van der Waals surface area contributed by atoms with Crippen molar-refractivity contribution >= 4 is 27.3 Å². The molecule has 28 heavy (non-hydrogen) atoms. The molecule has 0 bridgehead atoms. The molecule has 0 atom stereocenters. The first-order chi connectivity index (χ1) is 13.2. The molecule has 0 fully saturated rings. The van der Waals surface area contributed by atoms with Crippen molar-refractivity contribution in [1.82, 2.24) is 9.62 Å². The van der Waals surface area contributed by atoms with Gasteiger partial charge in [-0.05, 0) is 37.6 Å². The number of benzene rings is 2. The van der Waals surface area contributed by atoms with Crippen LogP contribution in [0.25, 0.3) is 0 Å². The third-order valence-electron chi connectivity index (χ3n) is 4.15. The summed E-state index contributed by atoms with van der Waals surface area (Å²) in [6, 6.07) is 12.7. The van der Waals surface area contributed by atoms with Gasteiger partial charge < -0.3 is 16.0 Å². The molecular formula is C20H28N4O3S. The molecule has 0 radical (unpaired) electrons. The van der Waals surface area contributed by atoms with E-state index in [9.17, 15) is 13.2 Å². The van der Waals surface area contributed by atoms with E-state index in [-0.39, 0.29) is 17.3 Å². The first-order valence-corrected chi connectivity index (χ1v) is 10.5. The molecule has 0 unspecified atom stereocenters. The van der Waals surface area contributed by atoms with E-state index in [2.05, 4.69) is 16.0 Å². The van der Waals surface area contributed by atoms with Crippen LogP contribution in [-0.2, 0) is 21.4 Å². The first-order valence-electron chi connectivity index (χ1n) is 9.10. The van der Waals surface area contributed by atoms with Gasteiger partial charge >= 0.3 is 0 Å². The van der Waals surface area contributed by atoms with Crippen molar-refractivity contribution < 1.29 is 13.2 Å². The second kappa shape index (κ2) is 9.57. The van der Waals surface area contributed by atoms with Crippen LogP contribution in [0.15, 0.2) is 47.4 Å². The fraction of sp³-hybridized carbons (Fsp3) is 0.350. The zero-order valence-corrected chi connectivity index (χ0v) is 17.6. The fourth-order valence-corrected chi connectivity index (χ4v) is 3.57. The second-order valence-corrected chi connectivity index (χ2v) is 8.80. The molecule has 1 amide bonds.